The fourth-order valence-electron chi connectivity index (χ4n) is 2.04. The maximum absolute atomic E-state index is 11.0. The van der Waals surface area contributed by atoms with Crippen LogP contribution in [0.3, 0.4) is 0 Å². The van der Waals surface area contributed by atoms with Crippen LogP contribution in [0.4, 0.5) is 0 Å². The molecule has 1 heterocycles. The first-order valence-corrected chi connectivity index (χ1v) is 5.13. The minimum atomic E-state index is -0.161. The van der Waals surface area contributed by atoms with Gasteiger partial charge in [-0.2, -0.15) is 0 Å². The topological polar surface area (TPSA) is 55.1 Å². The molecule has 1 amide bonds. The lowest BCUT2D eigenvalue weighted by Gasteiger charge is -2.30. The van der Waals surface area contributed by atoms with Gasteiger partial charge < -0.3 is 11.1 Å². The average molecular weight is 184 g/mol. The smallest absolute Gasteiger partial charge is 0.220 e. The molecule has 3 heteroatoms. The van der Waals surface area contributed by atoms with E-state index in [1.807, 2.05) is 6.92 Å². The van der Waals surface area contributed by atoms with Gasteiger partial charge in [-0.25, -0.2) is 0 Å². The van der Waals surface area contributed by atoms with Crippen LogP contribution in [0.25, 0.3) is 0 Å². The van der Waals surface area contributed by atoms with E-state index >= 15 is 0 Å². The molecular formula is C10H20N2O. The van der Waals surface area contributed by atoms with Crippen molar-refractivity contribution in [2.75, 3.05) is 13.1 Å². The van der Waals surface area contributed by atoms with Gasteiger partial charge in [0.15, 0.2) is 0 Å². The number of rotatable bonds is 3. The Labute approximate surface area is 80.1 Å². The molecule has 2 atom stereocenters. The first-order valence-electron chi connectivity index (χ1n) is 5.13. The van der Waals surface area contributed by atoms with Crippen LogP contribution in [0.15, 0.2) is 0 Å². The number of nitrogens with one attached hydrogen (secondary N) is 1. The van der Waals surface area contributed by atoms with Crippen molar-refractivity contribution in [3.63, 3.8) is 0 Å². The summed E-state index contributed by atoms with van der Waals surface area (Å²) in [7, 11) is 0. The highest BCUT2D eigenvalue weighted by molar-refractivity contribution is 5.76. The largest absolute Gasteiger partial charge is 0.369 e. The summed E-state index contributed by atoms with van der Waals surface area (Å²) < 4.78 is 0. The second-order valence-corrected chi connectivity index (χ2v) is 4.14. The molecule has 1 aliphatic rings. The molecule has 0 bridgehead atoms. The standard InChI is InChI=1S/C10H20N2O/c1-7(8(2)10(11)13)9-3-5-12-6-4-9/h7-9,12H,3-6H2,1-2H3,(H2,11,13). The van der Waals surface area contributed by atoms with Gasteiger partial charge in [0.1, 0.15) is 0 Å². The van der Waals surface area contributed by atoms with Crippen LogP contribution < -0.4 is 11.1 Å². The van der Waals surface area contributed by atoms with Crippen molar-refractivity contribution in [1.82, 2.24) is 5.32 Å². The molecule has 0 spiro atoms. The summed E-state index contributed by atoms with van der Waals surface area (Å²) in [6.07, 6.45) is 2.36. The van der Waals surface area contributed by atoms with Crippen LogP contribution >= 0.6 is 0 Å². The molecule has 2 unspecified atom stereocenters. The zero-order valence-electron chi connectivity index (χ0n) is 8.55. The molecule has 3 nitrogen and oxygen atoms in total. The quantitative estimate of drug-likeness (QED) is 0.680. The summed E-state index contributed by atoms with van der Waals surface area (Å²) in [6, 6.07) is 0. The molecule has 13 heavy (non-hydrogen) atoms. The Hall–Kier alpha value is -0.570. The van der Waals surface area contributed by atoms with Crippen molar-refractivity contribution in [3.05, 3.63) is 0 Å². The van der Waals surface area contributed by atoms with E-state index in [4.69, 9.17) is 5.73 Å². The minimum absolute atomic E-state index is 0.0168. The van der Waals surface area contributed by atoms with E-state index in [-0.39, 0.29) is 11.8 Å². The third kappa shape index (κ3) is 2.69. The highest BCUT2D eigenvalue weighted by Gasteiger charge is 2.26. The number of carbonyl (C=O) groups excluding carboxylic acids is 1. The predicted molar refractivity (Wildman–Crippen MR) is 53.1 cm³/mol. The first kappa shape index (κ1) is 10.5. The Kier molecular flexibility index (Phi) is 3.72. The van der Waals surface area contributed by atoms with Crippen molar-refractivity contribution >= 4 is 5.91 Å². The SMILES string of the molecule is CC(C(N)=O)C(C)C1CCNCC1. The minimum Gasteiger partial charge on any atom is -0.369 e. The lowest BCUT2D eigenvalue weighted by Crippen LogP contribution is -2.36. The normalized spacial score (nSPS) is 23.8. The van der Waals surface area contributed by atoms with Gasteiger partial charge in [0.25, 0.3) is 0 Å². The fraction of sp³-hybridized carbons (Fsp3) is 0.900. The molecule has 1 aliphatic heterocycles. The second kappa shape index (κ2) is 4.61. The molecule has 0 aromatic carbocycles. The van der Waals surface area contributed by atoms with Crippen molar-refractivity contribution in [2.24, 2.45) is 23.5 Å². The summed E-state index contributed by atoms with van der Waals surface area (Å²) in [6.45, 7) is 6.25. The Morgan fingerprint density at radius 1 is 1.38 bits per heavy atom. The molecule has 1 fully saturated rings. The van der Waals surface area contributed by atoms with Crippen LogP contribution in [-0.2, 0) is 4.79 Å². The second-order valence-electron chi connectivity index (χ2n) is 4.14. The molecule has 0 radical (unpaired) electrons. The first-order chi connectivity index (χ1) is 6.13. The highest BCUT2D eigenvalue weighted by Crippen LogP contribution is 2.27. The Bertz CT molecular complexity index is 176. The third-order valence-electron chi connectivity index (χ3n) is 3.36. The molecule has 0 aliphatic carbocycles. The lowest BCUT2D eigenvalue weighted by molar-refractivity contribution is -0.123. The maximum Gasteiger partial charge on any atom is 0.220 e. The zero-order chi connectivity index (χ0) is 9.84. The van der Waals surface area contributed by atoms with Crippen LogP contribution in [0, 0.1) is 17.8 Å². The number of piperidine rings is 1. The summed E-state index contributed by atoms with van der Waals surface area (Å²) in [5, 5.41) is 3.32. The van der Waals surface area contributed by atoms with Gasteiger partial charge in [-0.3, -0.25) is 4.79 Å². The Balaban J connectivity index is 2.44. The maximum atomic E-state index is 11.0. The monoisotopic (exact) mass is 184 g/mol. The summed E-state index contributed by atoms with van der Waals surface area (Å²) >= 11 is 0. The number of primary amides is 1. The molecule has 0 aromatic heterocycles. The van der Waals surface area contributed by atoms with Gasteiger partial charge in [0, 0.05) is 5.92 Å². The van der Waals surface area contributed by atoms with Crippen molar-refractivity contribution < 1.29 is 4.79 Å². The number of carbonyl (C=O) groups is 1. The van der Waals surface area contributed by atoms with E-state index in [0.717, 1.165) is 13.1 Å². The van der Waals surface area contributed by atoms with Crippen LogP contribution in [-0.4, -0.2) is 19.0 Å². The van der Waals surface area contributed by atoms with E-state index in [2.05, 4.69) is 12.2 Å². The van der Waals surface area contributed by atoms with Crippen LogP contribution in [0.2, 0.25) is 0 Å². The third-order valence-corrected chi connectivity index (χ3v) is 3.36. The zero-order valence-corrected chi connectivity index (χ0v) is 8.55. The van der Waals surface area contributed by atoms with Gasteiger partial charge in [-0.1, -0.05) is 13.8 Å². The molecule has 0 saturated carbocycles. The summed E-state index contributed by atoms with van der Waals surface area (Å²) in [5.74, 6) is 0.956. The van der Waals surface area contributed by atoms with E-state index in [9.17, 15) is 4.79 Å². The van der Waals surface area contributed by atoms with Gasteiger partial charge in [0.2, 0.25) is 5.91 Å². The Morgan fingerprint density at radius 3 is 2.38 bits per heavy atom. The van der Waals surface area contributed by atoms with Crippen LogP contribution in [0.1, 0.15) is 26.7 Å². The molecule has 3 N–H and O–H groups in total. The lowest BCUT2D eigenvalue weighted by atomic mass is 9.79. The fourth-order valence-corrected chi connectivity index (χ4v) is 2.04. The summed E-state index contributed by atoms with van der Waals surface area (Å²) in [4.78, 5) is 11.0. The van der Waals surface area contributed by atoms with Gasteiger partial charge in [0.05, 0.1) is 0 Å². The van der Waals surface area contributed by atoms with E-state index in [0.29, 0.717) is 11.8 Å². The van der Waals surface area contributed by atoms with E-state index in [1.54, 1.807) is 0 Å². The number of amides is 1. The van der Waals surface area contributed by atoms with Crippen molar-refractivity contribution in [1.29, 1.82) is 0 Å². The van der Waals surface area contributed by atoms with Gasteiger partial charge >= 0.3 is 0 Å². The highest BCUT2D eigenvalue weighted by atomic mass is 16.1. The average Bonchev–Trinajstić information content (AvgIpc) is 2.17. The van der Waals surface area contributed by atoms with Gasteiger partial charge in [-0.05, 0) is 37.8 Å². The number of nitrogens with two attached hydrogens (primary N) is 1. The summed E-state index contributed by atoms with van der Waals surface area (Å²) in [5.41, 5.74) is 5.29. The Morgan fingerprint density at radius 2 is 1.92 bits per heavy atom. The number of hydrogen-bond acceptors (Lipinski definition) is 2. The molecule has 1 rings (SSSR count). The predicted octanol–water partition coefficient (Wildman–Crippen LogP) is 0.743. The molecule has 76 valence electrons. The molecule has 1 saturated heterocycles. The van der Waals surface area contributed by atoms with Gasteiger partial charge in [-0.15, -0.1) is 0 Å². The van der Waals surface area contributed by atoms with Crippen molar-refractivity contribution in [2.45, 2.75) is 26.7 Å². The van der Waals surface area contributed by atoms with E-state index in [1.165, 1.54) is 12.8 Å². The molecular weight excluding hydrogens is 164 g/mol. The molecule has 0 aromatic rings. The van der Waals surface area contributed by atoms with Crippen LogP contribution in [0.5, 0.6) is 0 Å². The van der Waals surface area contributed by atoms with Crippen molar-refractivity contribution in [3.8, 4) is 0 Å². The van der Waals surface area contributed by atoms with E-state index < -0.39 is 0 Å². The number of hydrogen-bond donors (Lipinski definition) is 2.